The van der Waals surface area contributed by atoms with Crippen LogP contribution in [0.5, 0.6) is 0 Å². The molecular formula is C29H52O. The van der Waals surface area contributed by atoms with E-state index in [1.807, 2.05) is 0 Å². The maximum absolute atomic E-state index is 10.5. The maximum Gasteiger partial charge on any atom is 0.0568 e. The summed E-state index contributed by atoms with van der Waals surface area (Å²) in [6, 6.07) is 0. The maximum atomic E-state index is 10.5. The first-order chi connectivity index (χ1) is 14.1. The molecule has 0 saturated heterocycles. The Hall–Kier alpha value is -0.0400. The lowest BCUT2D eigenvalue weighted by Gasteiger charge is -2.62. The van der Waals surface area contributed by atoms with Gasteiger partial charge in [0.15, 0.2) is 0 Å². The van der Waals surface area contributed by atoms with Gasteiger partial charge >= 0.3 is 0 Å². The number of hydrogen-bond acceptors (Lipinski definition) is 1. The molecule has 0 aliphatic heterocycles. The molecule has 0 aromatic rings. The van der Waals surface area contributed by atoms with E-state index in [2.05, 4.69) is 48.5 Å². The molecule has 0 radical (unpaired) electrons. The van der Waals surface area contributed by atoms with Gasteiger partial charge in [-0.1, -0.05) is 61.3 Å². The molecule has 4 saturated carbocycles. The molecule has 1 heteroatoms. The second kappa shape index (κ2) is 8.39. The summed E-state index contributed by atoms with van der Waals surface area (Å²) in [7, 11) is 0. The molecule has 30 heavy (non-hydrogen) atoms. The highest BCUT2D eigenvalue weighted by molar-refractivity contribution is 5.10. The van der Waals surface area contributed by atoms with Crippen molar-refractivity contribution >= 4 is 0 Å². The first-order valence-corrected chi connectivity index (χ1v) is 13.8. The average molecular weight is 417 g/mol. The first kappa shape index (κ1) is 23.1. The molecule has 0 aromatic heterocycles. The second-order valence-corrected chi connectivity index (χ2v) is 13.5. The van der Waals surface area contributed by atoms with Crippen LogP contribution in [0.3, 0.4) is 0 Å². The fraction of sp³-hybridized carbons (Fsp3) is 1.00. The first-order valence-electron chi connectivity index (χ1n) is 13.8. The van der Waals surface area contributed by atoms with Crippen molar-refractivity contribution in [2.24, 2.45) is 64.1 Å². The van der Waals surface area contributed by atoms with Crippen molar-refractivity contribution in [3.63, 3.8) is 0 Å². The molecule has 4 rings (SSSR count). The van der Waals surface area contributed by atoms with Crippen LogP contribution in [0.4, 0.5) is 0 Å². The molecule has 11 atom stereocenters. The van der Waals surface area contributed by atoms with Gasteiger partial charge in [0.05, 0.1) is 6.10 Å². The SMILES string of the molecule is CC(C)[C@@H](C)CC[C@@H](C)[C@H]1CC[C@H]2[C@@H]3CCC4[C@H](C)[C@@H](O)CC[C@]4(C)[C@H]3CC[C@]12C. The quantitative estimate of drug-likeness (QED) is 0.482. The van der Waals surface area contributed by atoms with Crippen LogP contribution in [0, 0.1) is 64.1 Å². The summed E-state index contributed by atoms with van der Waals surface area (Å²) < 4.78 is 0. The van der Waals surface area contributed by atoms with Crippen LogP contribution >= 0.6 is 0 Å². The lowest BCUT2D eigenvalue weighted by molar-refractivity contribution is -0.149. The molecule has 4 fully saturated rings. The lowest BCUT2D eigenvalue weighted by Crippen LogP contribution is -2.56. The van der Waals surface area contributed by atoms with E-state index in [1.165, 1.54) is 57.8 Å². The van der Waals surface area contributed by atoms with Gasteiger partial charge in [-0.25, -0.2) is 0 Å². The van der Waals surface area contributed by atoms with Crippen LogP contribution in [-0.4, -0.2) is 11.2 Å². The van der Waals surface area contributed by atoms with Crippen LogP contribution in [0.15, 0.2) is 0 Å². The molecular weight excluding hydrogens is 364 g/mol. The van der Waals surface area contributed by atoms with Crippen molar-refractivity contribution < 1.29 is 5.11 Å². The number of hydrogen-bond donors (Lipinski definition) is 1. The Bertz CT molecular complexity index is 597. The Kier molecular flexibility index (Phi) is 6.47. The molecule has 4 aliphatic carbocycles. The van der Waals surface area contributed by atoms with Gasteiger partial charge in [-0.2, -0.15) is 0 Å². The van der Waals surface area contributed by atoms with Crippen LogP contribution in [0.25, 0.3) is 0 Å². The molecule has 0 aromatic carbocycles. The predicted octanol–water partition coefficient (Wildman–Crippen LogP) is 7.96. The highest BCUT2D eigenvalue weighted by Gasteiger charge is 2.61. The number of fused-ring (bicyclic) bond motifs is 5. The van der Waals surface area contributed by atoms with Gasteiger partial charge in [-0.15, -0.1) is 0 Å². The fourth-order valence-electron chi connectivity index (χ4n) is 9.75. The normalized spacial score (nSPS) is 50.5. The minimum atomic E-state index is -0.0431. The summed E-state index contributed by atoms with van der Waals surface area (Å²) in [5, 5.41) is 10.5. The summed E-state index contributed by atoms with van der Waals surface area (Å²) in [6.45, 7) is 17.6. The van der Waals surface area contributed by atoms with Crippen molar-refractivity contribution in [2.75, 3.05) is 0 Å². The van der Waals surface area contributed by atoms with Crippen molar-refractivity contribution in [3.8, 4) is 0 Å². The second-order valence-electron chi connectivity index (χ2n) is 13.5. The lowest BCUT2D eigenvalue weighted by atomic mass is 9.43. The van der Waals surface area contributed by atoms with Crippen molar-refractivity contribution in [1.29, 1.82) is 0 Å². The van der Waals surface area contributed by atoms with E-state index in [-0.39, 0.29) is 6.10 Å². The predicted molar refractivity (Wildman–Crippen MR) is 128 cm³/mol. The standard InChI is InChI=1S/C29H52O/c1-18(2)19(3)8-9-20(4)23-12-13-25-22-10-11-24-21(5)27(30)15-17-29(24,7)26(22)14-16-28(23,25)6/h18-27,30H,8-17H2,1-7H3/t19-,20+,21-,22-,23+,24?,25-,26-,27-,28+,29-/m0/s1. The van der Waals surface area contributed by atoms with E-state index in [9.17, 15) is 5.11 Å². The van der Waals surface area contributed by atoms with Crippen LogP contribution in [-0.2, 0) is 0 Å². The van der Waals surface area contributed by atoms with Gasteiger partial charge in [0.1, 0.15) is 0 Å². The number of aliphatic hydroxyl groups excluding tert-OH is 1. The smallest absolute Gasteiger partial charge is 0.0568 e. The van der Waals surface area contributed by atoms with Crippen molar-refractivity contribution in [2.45, 2.75) is 119 Å². The zero-order valence-electron chi connectivity index (χ0n) is 21.3. The molecule has 0 bridgehead atoms. The molecule has 0 amide bonds. The minimum Gasteiger partial charge on any atom is -0.393 e. The molecule has 1 nitrogen and oxygen atoms in total. The van der Waals surface area contributed by atoms with E-state index in [0.717, 1.165) is 53.8 Å². The summed E-state index contributed by atoms with van der Waals surface area (Å²) in [6.07, 6.45) is 13.9. The third-order valence-corrected chi connectivity index (χ3v) is 12.1. The zero-order chi connectivity index (χ0) is 21.8. The fourth-order valence-corrected chi connectivity index (χ4v) is 9.75. The van der Waals surface area contributed by atoms with Gasteiger partial charge < -0.3 is 5.11 Å². The molecule has 174 valence electrons. The minimum absolute atomic E-state index is 0.0431. The Balaban J connectivity index is 1.47. The van der Waals surface area contributed by atoms with Crippen molar-refractivity contribution in [1.82, 2.24) is 0 Å². The number of rotatable bonds is 5. The highest BCUT2D eigenvalue weighted by atomic mass is 16.3. The zero-order valence-corrected chi connectivity index (χ0v) is 21.3. The molecule has 0 heterocycles. The molecule has 1 N–H and O–H groups in total. The van der Waals surface area contributed by atoms with E-state index in [4.69, 9.17) is 0 Å². The monoisotopic (exact) mass is 416 g/mol. The molecule has 4 aliphatic rings. The van der Waals surface area contributed by atoms with E-state index >= 15 is 0 Å². The Morgan fingerprint density at radius 3 is 2.10 bits per heavy atom. The van der Waals surface area contributed by atoms with Crippen LogP contribution in [0.1, 0.15) is 113 Å². The number of aliphatic hydroxyl groups is 1. The Morgan fingerprint density at radius 1 is 0.767 bits per heavy atom. The average Bonchev–Trinajstić information content (AvgIpc) is 3.06. The molecule has 1 unspecified atom stereocenters. The third-order valence-electron chi connectivity index (χ3n) is 12.1. The van der Waals surface area contributed by atoms with Gasteiger partial charge in [-0.3, -0.25) is 0 Å². The summed E-state index contributed by atoms with van der Waals surface area (Å²) >= 11 is 0. The van der Waals surface area contributed by atoms with Gasteiger partial charge in [0, 0.05) is 0 Å². The van der Waals surface area contributed by atoms with E-state index in [0.29, 0.717) is 16.7 Å². The van der Waals surface area contributed by atoms with Crippen LogP contribution < -0.4 is 0 Å². The van der Waals surface area contributed by atoms with Gasteiger partial charge in [-0.05, 0) is 115 Å². The topological polar surface area (TPSA) is 20.2 Å². The van der Waals surface area contributed by atoms with Crippen molar-refractivity contribution in [3.05, 3.63) is 0 Å². The summed E-state index contributed by atoms with van der Waals surface area (Å²) in [5.74, 6) is 7.70. The highest BCUT2D eigenvalue weighted by Crippen LogP contribution is 2.68. The van der Waals surface area contributed by atoms with E-state index in [1.54, 1.807) is 0 Å². The summed E-state index contributed by atoms with van der Waals surface area (Å²) in [4.78, 5) is 0. The van der Waals surface area contributed by atoms with E-state index < -0.39 is 0 Å². The molecule has 0 spiro atoms. The summed E-state index contributed by atoms with van der Waals surface area (Å²) in [5.41, 5.74) is 1.10. The van der Waals surface area contributed by atoms with Crippen LogP contribution in [0.2, 0.25) is 0 Å². The Morgan fingerprint density at radius 2 is 1.40 bits per heavy atom. The van der Waals surface area contributed by atoms with Gasteiger partial charge in [0.2, 0.25) is 0 Å². The van der Waals surface area contributed by atoms with Gasteiger partial charge in [0.25, 0.3) is 0 Å². The third kappa shape index (κ3) is 3.62. The largest absolute Gasteiger partial charge is 0.393 e. The Labute approximate surface area is 188 Å².